The number of benzene rings is 1. The molecule has 0 radical (unpaired) electrons. The molecule has 0 saturated carbocycles. The Balaban J connectivity index is 2.79. The Hall–Kier alpha value is -1.44. The molecule has 0 heterocycles. The van der Waals surface area contributed by atoms with Crippen molar-refractivity contribution >= 4 is 11.4 Å². The average Bonchev–Trinajstić information content (AvgIpc) is 2.11. The van der Waals surface area contributed by atoms with E-state index in [2.05, 4.69) is 11.9 Å². The lowest BCUT2D eigenvalue weighted by molar-refractivity contribution is 1.00. The summed E-state index contributed by atoms with van der Waals surface area (Å²) in [5, 5.41) is 3.26. The van der Waals surface area contributed by atoms with Crippen molar-refractivity contribution in [2.75, 3.05) is 11.1 Å². The van der Waals surface area contributed by atoms with E-state index >= 15 is 0 Å². The van der Waals surface area contributed by atoms with Crippen molar-refractivity contribution in [3.63, 3.8) is 0 Å². The summed E-state index contributed by atoms with van der Waals surface area (Å²) in [5.41, 5.74) is 8.74. The first-order valence-corrected chi connectivity index (χ1v) is 4.38. The molecule has 1 rings (SSSR count). The maximum atomic E-state index is 5.77. The fourth-order valence-electron chi connectivity index (χ4n) is 1.05. The maximum absolute atomic E-state index is 5.77. The molecule has 0 spiro atoms. The summed E-state index contributed by atoms with van der Waals surface area (Å²) < 4.78 is 0. The van der Waals surface area contributed by atoms with E-state index in [0.717, 1.165) is 16.9 Å². The molecule has 2 heteroatoms. The summed E-state index contributed by atoms with van der Waals surface area (Å²) in [5.74, 6) is 0. The van der Waals surface area contributed by atoms with Gasteiger partial charge in [-0.1, -0.05) is 12.1 Å². The van der Waals surface area contributed by atoms with Gasteiger partial charge in [0.1, 0.15) is 0 Å². The summed E-state index contributed by atoms with van der Waals surface area (Å²) in [6, 6.07) is 6.23. The topological polar surface area (TPSA) is 38.0 Å². The minimum atomic E-state index is 0.266. The van der Waals surface area contributed by atoms with Gasteiger partial charge in [-0.3, -0.25) is 0 Å². The molecule has 70 valence electrons. The molecule has 2 nitrogen and oxygen atoms in total. The Bertz CT molecular complexity index is 305. The van der Waals surface area contributed by atoms with Crippen LogP contribution in [0, 0.1) is 6.92 Å². The zero-order chi connectivity index (χ0) is 9.84. The van der Waals surface area contributed by atoms with Crippen LogP contribution in [0.3, 0.4) is 0 Å². The van der Waals surface area contributed by atoms with Crippen LogP contribution in [0.4, 0.5) is 11.4 Å². The third-order valence-corrected chi connectivity index (χ3v) is 2.03. The van der Waals surface area contributed by atoms with Crippen LogP contribution in [-0.2, 0) is 0 Å². The Kier molecular flexibility index (Phi) is 2.96. The molecule has 0 bridgehead atoms. The van der Waals surface area contributed by atoms with E-state index in [0.29, 0.717) is 0 Å². The lowest BCUT2D eigenvalue weighted by atomic mass is 10.2. The first-order chi connectivity index (χ1) is 6.13. The fourth-order valence-corrected chi connectivity index (χ4v) is 1.05. The number of hydrogen-bond donors (Lipinski definition) is 2. The highest BCUT2D eigenvalue weighted by Crippen LogP contribution is 2.17. The predicted molar refractivity (Wildman–Crippen MR) is 58.9 cm³/mol. The quantitative estimate of drug-likeness (QED) is 0.548. The number of nitrogen functional groups attached to an aromatic ring is 1. The van der Waals surface area contributed by atoms with E-state index in [9.17, 15) is 0 Å². The van der Waals surface area contributed by atoms with Gasteiger partial charge in [0.25, 0.3) is 0 Å². The van der Waals surface area contributed by atoms with Gasteiger partial charge in [-0.05, 0) is 31.5 Å². The highest BCUT2D eigenvalue weighted by molar-refractivity contribution is 5.58. The Labute approximate surface area is 79.5 Å². The molecule has 0 aliphatic heterocycles. The van der Waals surface area contributed by atoms with Crippen molar-refractivity contribution in [2.45, 2.75) is 19.9 Å². The summed E-state index contributed by atoms with van der Waals surface area (Å²) in [6.07, 6.45) is 1.86. The van der Waals surface area contributed by atoms with Crippen molar-refractivity contribution in [1.82, 2.24) is 0 Å². The fraction of sp³-hybridized carbons (Fsp3) is 0.273. The van der Waals surface area contributed by atoms with Crippen LogP contribution in [-0.4, -0.2) is 6.04 Å². The van der Waals surface area contributed by atoms with Crippen molar-refractivity contribution in [1.29, 1.82) is 0 Å². The molecule has 1 aromatic carbocycles. The Morgan fingerprint density at radius 1 is 1.54 bits per heavy atom. The van der Waals surface area contributed by atoms with Crippen LogP contribution in [0.5, 0.6) is 0 Å². The Morgan fingerprint density at radius 3 is 2.77 bits per heavy atom. The van der Waals surface area contributed by atoms with Gasteiger partial charge < -0.3 is 11.1 Å². The van der Waals surface area contributed by atoms with E-state index < -0.39 is 0 Å². The Morgan fingerprint density at radius 2 is 2.23 bits per heavy atom. The molecule has 0 amide bonds. The molecule has 1 aromatic rings. The van der Waals surface area contributed by atoms with Crippen LogP contribution in [0.25, 0.3) is 0 Å². The second kappa shape index (κ2) is 3.99. The smallest absolute Gasteiger partial charge is 0.0413 e. The van der Waals surface area contributed by atoms with Crippen LogP contribution in [0.1, 0.15) is 12.5 Å². The monoisotopic (exact) mass is 176 g/mol. The zero-order valence-corrected chi connectivity index (χ0v) is 8.17. The normalized spacial score (nSPS) is 12.2. The molecule has 1 unspecified atom stereocenters. The molecule has 3 N–H and O–H groups in total. The number of nitrogens with two attached hydrogens (primary N) is 1. The van der Waals surface area contributed by atoms with E-state index in [-0.39, 0.29) is 6.04 Å². The van der Waals surface area contributed by atoms with Gasteiger partial charge in [0.15, 0.2) is 0 Å². The average molecular weight is 176 g/mol. The molecule has 0 saturated heterocycles. The van der Waals surface area contributed by atoms with Crippen LogP contribution >= 0.6 is 0 Å². The molecular weight excluding hydrogens is 160 g/mol. The van der Waals surface area contributed by atoms with Gasteiger partial charge in [0, 0.05) is 17.4 Å². The molecule has 13 heavy (non-hydrogen) atoms. The second-order valence-corrected chi connectivity index (χ2v) is 3.24. The standard InChI is InChI=1S/C11H16N2/c1-4-9(3)13-10-6-5-8(2)11(12)7-10/h4-7,9,13H,1,12H2,2-3H3. The van der Waals surface area contributed by atoms with E-state index in [1.54, 1.807) is 0 Å². The lowest BCUT2D eigenvalue weighted by Crippen LogP contribution is -2.11. The zero-order valence-electron chi connectivity index (χ0n) is 8.17. The van der Waals surface area contributed by atoms with Crippen molar-refractivity contribution in [3.05, 3.63) is 36.4 Å². The van der Waals surface area contributed by atoms with Crippen molar-refractivity contribution in [2.24, 2.45) is 0 Å². The van der Waals surface area contributed by atoms with Crippen molar-refractivity contribution < 1.29 is 0 Å². The largest absolute Gasteiger partial charge is 0.398 e. The number of hydrogen-bond acceptors (Lipinski definition) is 2. The molecule has 1 atom stereocenters. The van der Waals surface area contributed by atoms with Gasteiger partial charge in [-0.15, -0.1) is 6.58 Å². The summed E-state index contributed by atoms with van der Waals surface area (Å²) in [4.78, 5) is 0. The molecule has 0 aliphatic rings. The molecular formula is C11H16N2. The lowest BCUT2D eigenvalue weighted by Gasteiger charge is -2.11. The summed E-state index contributed by atoms with van der Waals surface area (Å²) in [6.45, 7) is 7.74. The predicted octanol–water partition coefficient (Wildman–Crippen LogP) is 2.56. The minimum Gasteiger partial charge on any atom is -0.398 e. The number of aryl methyl sites for hydroxylation is 1. The minimum absolute atomic E-state index is 0.266. The van der Waals surface area contributed by atoms with Crippen LogP contribution in [0.15, 0.2) is 30.9 Å². The first-order valence-electron chi connectivity index (χ1n) is 4.38. The first kappa shape index (κ1) is 9.65. The number of anilines is 2. The molecule has 0 aliphatic carbocycles. The highest BCUT2D eigenvalue weighted by Gasteiger charge is 1.98. The summed E-state index contributed by atoms with van der Waals surface area (Å²) in [7, 11) is 0. The molecule has 0 aromatic heterocycles. The third-order valence-electron chi connectivity index (χ3n) is 2.03. The van der Waals surface area contributed by atoms with E-state index in [1.807, 2.05) is 38.1 Å². The van der Waals surface area contributed by atoms with Gasteiger partial charge in [0.2, 0.25) is 0 Å². The van der Waals surface area contributed by atoms with E-state index in [1.165, 1.54) is 0 Å². The van der Waals surface area contributed by atoms with Gasteiger partial charge in [0.05, 0.1) is 0 Å². The number of nitrogens with one attached hydrogen (secondary N) is 1. The highest BCUT2D eigenvalue weighted by atomic mass is 14.9. The van der Waals surface area contributed by atoms with E-state index in [4.69, 9.17) is 5.73 Å². The second-order valence-electron chi connectivity index (χ2n) is 3.24. The van der Waals surface area contributed by atoms with Crippen LogP contribution < -0.4 is 11.1 Å². The van der Waals surface area contributed by atoms with Gasteiger partial charge >= 0.3 is 0 Å². The third kappa shape index (κ3) is 2.51. The van der Waals surface area contributed by atoms with Gasteiger partial charge in [-0.2, -0.15) is 0 Å². The van der Waals surface area contributed by atoms with Crippen LogP contribution in [0.2, 0.25) is 0 Å². The molecule has 0 fully saturated rings. The van der Waals surface area contributed by atoms with Crippen molar-refractivity contribution in [3.8, 4) is 0 Å². The SMILES string of the molecule is C=CC(C)Nc1ccc(C)c(N)c1. The number of rotatable bonds is 3. The summed E-state index contributed by atoms with van der Waals surface area (Å²) >= 11 is 0. The van der Waals surface area contributed by atoms with Gasteiger partial charge in [-0.25, -0.2) is 0 Å². The maximum Gasteiger partial charge on any atom is 0.0413 e.